The first-order chi connectivity index (χ1) is 13.7. The highest BCUT2D eigenvalue weighted by molar-refractivity contribution is 5.79. The molecule has 7 heteroatoms. The second-order valence-corrected chi connectivity index (χ2v) is 9.41. The van der Waals surface area contributed by atoms with Crippen LogP contribution in [0.1, 0.15) is 63.5 Å². The Morgan fingerprint density at radius 1 is 1.24 bits per heavy atom. The minimum absolute atomic E-state index is 0.0743. The molecule has 0 saturated carbocycles. The molecule has 0 aliphatic carbocycles. The Morgan fingerprint density at radius 2 is 2.03 bits per heavy atom. The molecule has 1 aliphatic rings. The summed E-state index contributed by atoms with van der Waals surface area (Å²) in [6.45, 7) is 12.4. The maximum Gasteiger partial charge on any atom is 0.253 e. The molecule has 0 bridgehead atoms. The molecule has 2 aromatic heterocycles. The fourth-order valence-corrected chi connectivity index (χ4v) is 4.34. The van der Waals surface area contributed by atoms with E-state index in [4.69, 9.17) is 0 Å². The van der Waals surface area contributed by atoms with E-state index in [-0.39, 0.29) is 17.1 Å². The molecule has 2 atom stereocenters. The van der Waals surface area contributed by atoms with Crippen molar-refractivity contribution in [3.8, 4) is 0 Å². The average molecular weight is 395 g/mol. The van der Waals surface area contributed by atoms with Gasteiger partial charge in [0.2, 0.25) is 0 Å². The number of piperidine rings is 1. The van der Waals surface area contributed by atoms with Crippen LogP contribution in [-0.2, 0) is 5.54 Å². The van der Waals surface area contributed by atoms with E-state index in [2.05, 4.69) is 65.2 Å². The van der Waals surface area contributed by atoms with Crippen molar-refractivity contribution in [2.24, 2.45) is 5.92 Å². The lowest BCUT2D eigenvalue weighted by atomic mass is 9.95. The van der Waals surface area contributed by atoms with E-state index in [1.807, 2.05) is 23.7 Å². The Hall–Kier alpha value is -2.54. The van der Waals surface area contributed by atoms with Crippen LogP contribution in [0.15, 0.2) is 29.1 Å². The van der Waals surface area contributed by atoms with Gasteiger partial charge in [-0.2, -0.15) is 0 Å². The summed E-state index contributed by atoms with van der Waals surface area (Å²) >= 11 is 0. The number of aromatic amines is 1. The van der Waals surface area contributed by atoms with E-state index in [9.17, 15) is 4.79 Å². The van der Waals surface area contributed by atoms with Gasteiger partial charge in [-0.05, 0) is 86.5 Å². The summed E-state index contributed by atoms with van der Waals surface area (Å²) in [5, 5.41) is 13.7. The summed E-state index contributed by atoms with van der Waals surface area (Å²) in [4.78, 5) is 18.7. The fourth-order valence-electron chi connectivity index (χ4n) is 4.34. The largest absolute Gasteiger partial charge is 0.322 e. The van der Waals surface area contributed by atoms with Crippen LogP contribution in [0.25, 0.3) is 10.9 Å². The van der Waals surface area contributed by atoms with Gasteiger partial charge in [0.05, 0.1) is 5.54 Å². The van der Waals surface area contributed by atoms with Crippen molar-refractivity contribution < 1.29 is 0 Å². The highest BCUT2D eigenvalue weighted by Crippen LogP contribution is 2.32. The summed E-state index contributed by atoms with van der Waals surface area (Å²) in [5.74, 6) is 1.30. The standard InChI is InChI=1S/C22H30N6O/c1-14-8-9-16-12-17(21(29)23-18(16)11-14)19(27-10-6-7-15(2)13-27)20-24-25-26-28(20)22(3,4)5/h8-9,11-12,15,19H,6-7,10,13H2,1-5H3,(H,23,29)/t15-,19+/m0/s1. The van der Waals surface area contributed by atoms with Gasteiger partial charge in [-0.15, -0.1) is 5.10 Å². The van der Waals surface area contributed by atoms with Gasteiger partial charge in [-0.3, -0.25) is 9.69 Å². The predicted octanol–water partition coefficient (Wildman–Crippen LogP) is 3.40. The van der Waals surface area contributed by atoms with Gasteiger partial charge in [0.25, 0.3) is 5.56 Å². The molecule has 4 rings (SSSR count). The molecular weight excluding hydrogens is 364 g/mol. The van der Waals surface area contributed by atoms with E-state index in [0.29, 0.717) is 11.5 Å². The number of benzene rings is 1. The van der Waals surface area contributed by atoms with Crippen LogP contribution in [0.3, 0.4) is 0 Å². The Balaban J connectivity index is 1.91. The van der Waals surface area contributed by atoms with Crippen LogP contribution >= 0.6 is 0 Å². The van der Waals surface area contributed by atoms with Crippen molar-refractivity contribution in [1.82, 2.24) is 30.1 Å². The van der Waals surface area contributed by atoms with Crippen molar-refractivity contribution in [2.45, 2.75) is 59.0 Å². The number of hydrogen-bond donors (Lipinski definition) is 1. The van der Waals surface area contributed by atoms with E-state index in [0.717, 1.165) is 41.8 Å². The normalized spacial score (nSPS) is 19.6. The average Bonchev–Trinajstić information content (AvgIpc) is 3.12. The second-order valence-electron chi connectivity index (χ2n) is 9.41. The molecule has 1 saturated heterocycles. The van der Waals surface area contributed by atoms with E-state index in [1.54, 1.807) is 0 Å². The van der Waals surface area contributed by atoms with Gasteiger partial charge in [-0.25, -0.2) is 4.68 Å². The van der Waals surface area contributed by atoms with E-state index in [1.165, 1.54) is 6.42 Å². The molecule has 0 spiro atoms. The topological polar surface area (TPSA) is 79.7 Å². The van der Waals surface area contributed by atoms with Gasteiger partial charge in [-0.1, -0.05) is 19.1 Å². The first-order valence-corrected chi connectivity index (χ1v) is 10.4. The van der Waals surface area contributed by atoms with Crippen LogP contribution in [0.4, 0.5) is 0 Å². The number of fused-ring (bicyclic) bond motifs is 1. The van der Waals surface area contributed by atoms with Gasteiger partial charge in [0.1, 0.15) is 6.04 Å². The zero-order chi connectivity index (χ0) is 20.8. The molecule has 3 heterocycles. The number of aryl methyl sites for hydroxylation is 1. The molecule has 0 radical (unpaired) electrons. The van der Waals surface area contributed by atoms with E-state index >= 15 is 0 Å². The Labute approximate surface area is 171 Å². The third-order valence-electron chi connectivity index (χ3n) is 5.75. The Morgan fingerprint density at radius 3 is 2.76 bits per heavy atom. The maximum atomic E-state index is 13.2. The van der Waals surface area contributed by atoms with E-state index < -0.39 is 0 Å². The highest BCUT2D eigenvalue weighted by atomic mass is 16.1. The SMILES string of the molecule is Cc1ccc2cc([C@H](c3nnnn3C(C)(C)C)N3CCC[C@H](C)C3)c(=O)[nH]c2c1. The number of rotatable bonds is 3. The number of hydrogen-bond acceptors (Lipinski definition) is 5. The van der Waals surface area contributed by atoms with Gasteiger partial charge in [0, 0.05) is 17.6 Å². The summed E-state index contributed by atoms with van der Waals surface area (Å²) in [7, 11) is 0. The lowest BCUT2D eigenvalue weighted by Gasteiger charge is -2.37. The first-order valence-electron chi connectivity index (χ1n) is 10.4. The van der Waals surface area contributed by atoms with Crippen molar-refractivity contribution in [3.63, 3.8) is 0 Å². The molecule has 1 aromatic carbocycles. The number of nitrogens with zero attached hydrogens (tertiary/aromatic N) is 5. The summed E-state index contributed by atoms with van der Waals surface area (Å²) in [5.41, 5.74) is 2.34. The van der Waals surface area contributed by atoms with Gasteiger partial charge >= 0.3 is 0 Å². The predicted molar refractivity (Wildman–Crippen MR) is 114 cm³/mol. The molecular formula is C22H30N6O. The van der Waals surface area contributed by atoms with Crippen molar-refractivity contribution in [3.05, 3.63) is 51.6 Å². The minimum atomic E-state index is -0.279. The number of H-pyrrole nitrogens is 1. The van der Waals surface area contributed by atoms with Crippen LogP contribution in [0.5, 0.6) is 0 Å². The third-order valence-corrected chi connectivity index (χ3v) is 5.75. The molecule has 3 aromatic rings. The zero-order valence-corrected chi connectivity index (χ0v) is 17.9. The number of tetrazole rings is 1. The monoisotopic (exact) mass is 394 g/mol. The molecule has 154 valence electrons. The fraction of sp³-hybridized carbons (Fsp3) is 0.545. The van der Waals surface area contributed by atoms with Gasteiger partial charge in [0.15, 0.2) is 5.82 Å². The van der Waals surface area contributed by atoms with Crippen molar-refractivity contribution >= 4 is 10.9 Å². The van der Waals surface area contributed by atoms with Gasteiger partial charge < -0.3 is 4.98 Å². The molecule has 0 amide bonds. The smallest absolute Gasteiger partial charge is 0.253 e. The molecule has 1 aliphatic heterocycles. The maximum absolute atomic E-state index is 13.2. The molecule has 1 N–H and O–H groups in total. The molecule has 7 nitrogen and oxygen atoms in total. The molecule has 0 unspecified atom stereocenters. The lowest BCUT2D eigenvalue weighted by Crippen LogP contribution is -2.42. The number of nitrogens with one attached hydrogen (secondary N) is 1. The summed E-state index contributed by atoms with van der Waals surface area (Å²) in [6.07, 6.45) is 2.32. The van der Waals surface area contributed by atoms with Crippen LogP contribution in [0.2, 0.25) is 0 Å². The molecule has 29 heavy (non-hydrogen) atoms. The van der Waals surface area contributed by atoms with Crippen LogP contribution in [-0.4, -0.2) is 43.2 Å². The number of likely N-dealkylation sites (tertiary alicyclic amines) is 1. The number of aromatic nitrogens is 5. The minimum Gasteiger partial charge on any atom is -0.322 e. The first kappa shape index (κ1) is 19.8. The van der Waals surface area contributed by atoms with Crippen LogP contribution < -0.4 is 5.56 Å². The van der Waals surface area contributed by atoms with Crippen molar-refractivity contribution in [1.29, 1.82) is 0 Å². The van der Waals surface area contributed by atoms with Crippen LogP contribution in [0, 0.1) is 12.8 Å². The number of pyridine rings is 1. The van der Waals surface area contributed by atoms with Crippen molar-refractivity contribution in [2.75, 3.05) is 13.1 Å². The lowest BCUT2D eigenvalue weighted by molar-refractivity contribution is 0.137. The molecule has 1 fully saturated rings. The Bertz CT molecular complexity index is 1080. The third kappa shape index (κ3) is 3.83. The summed E-state index contributed by atoms with van der Waals surface area (Å²) in [6, 6.07) is 7.88. The zero-order valence-electron chi connectivity index (χ0n) is 17.9. The summed E-state index contributed by atoms with van der Waals surface area (Å²) < 4.78 is 1.86. The quantitative estimate of drug-likeness (QED) is 0.736. The Kier molecular flexibility index (Phi) is 5.02. The highest BCUT2D eigenvalue weighted by Gasteiger charge is 2.34. The second kappa shape index (κ2) is 7.37.